The summed E-state index contributed by atoms with van der Waals surface area (Å²) in [6.07, 6.45) is 3.86. The van der Waals surface area contributed by atoms with Crippen LogP contribution >= 0.6 is 0 Å². The van der Waals surface area contributed by atoms with E-state index in [9.17, 15) is 13.2 Å². The molecule has 0 atom stereocenters. The zero-order valence-corrected chi connectivity index (χ0v) is 21.1. The molecule has 0 aliphatic carbocycles. The van der Waals surface area contributed by atoms with Gasteiger partial charge in [-0.2, -0.15) is 0 Å². The van der Waals surface area contributed by atoms with Crippen molar-refractivity contribution in [1.82, 2.24) is 14.7 Å². The summed E-state index contributed by atoms with van der Waals surface area (Å²) in [5.41, 5.74) is 7.04. The molecule has 0 unspecified atom stereocenters. The molecule has 2 amide bonds. The van der Waals surface area contributed by atoms with E-state index in [0.29, 0.717) is 30.0 Å². The van der Waals surface area contributed by atoms with Gasteiger partial charge in [0, 0.05) is 13.1 Å². The van der Waals surface area contributed by atoms with Crippen molar-refractivity contribution in [3.63, 3.8) is 0 Å². The molecule has 3 aromatic carbocycles. The molecule has 10 heteroatoms. The van der Waals surface area contributed by atoms with Crippen molar-refractivity contribution in [2.24, 2.45) is 5.73 Å². The van der Waals surface area contributed by atoms with E-state index in [1.165, 1.54) is 6.07 Å². The van der Waals surface area contributed by atoms with Crippen molar-refractivity contribution >= 4 is 32.7 Å². The van der Waals surface area contributed by atoms with E-state index in [1.807, 2.05) is 6.07 Å². The number of amides is 2. The summed E-state index contributed by atoms with van der Waals surface area (Å²) in [4.78, 5) is 17.8. The number of hydrogen-bond donors (Lipinski definition) is 3. The maximum Gasteiger partial charge on any atom is 0.335 e. The van der Waals surface area contributed by atoms with Gasteiger partial charge < -0.3 is 9.64 Å². The first-order chi connectivity index (χ1) is 17.3. The van der Waals surface area contributed by atoms with Gasteiger partial charge in [0.15, 0.2) is 0 Å². The maximum atomic E-state index is 13.5. The molecule has 1 heterocycles. The Morgan fingerprint density at radius 1 is 1.03 bits per heavy atom. The molecular formula is C26H32N5O4S+. The normalized spacial score (nSPS) is 14.3. The Hall–Kier alpha value is -3.63. The summed E-state index contributed by atoms with van der Waals surface area (Å²) < 4.78 is 32.1. The van der Waals surface area contributed by atoms with Gasteiger partial charge in [-0.15, -0.1) is 4.83 Å². The van der Waals surface area contributed by atoms with Gasteiger partial charge in [0.1, 0.15) is 5.75 Å². The highest BCUT2D eigenvalue weighted by atomic mass is 32.2. The fraction of sp³-hybridized carbons (Fsp3) is 0.308. The zero-order valence-electron chi connectivity index (χ0n) is 20.3. The highest BCUT2D eigenvalue weighted by molar-refractivity contribution is 7.89. The SMILES string of the molecule is COc1ccc2cc(S(=O)(=O)NN(Cc3cccc(C(N)=[NH2+])c3)C(=O)N3CCCCCC3)ccc2c1. The van der Waals surface area contributed by atoms with Crippen molar-refractivity contribution in [3.05, 3.63) is 71.8 Å². The molecular weight excluding hydrogens is 478 g/mol. The maximum absolute atomic E-state index is 13.5. The van der Waals surface area contributed by atoms with Crippen molar-refractivity contribution in [1.29, 1.82) is 0 Å². The number of sulfonamides is 1. The summed E-state index contributed by atoms with van der Waals surface area (Å²) in [6, 6.07) is 16.9. The molecule has 0 radical (unpaired) electrons. The van der Waals surface area contributed by atoms with Crippen LogP contribution in [0.2, 0.25) is 0 Å². The summed E-state index contributed by atoms with van der Waals surface area (Å²) >= 11 is 0. The first kappa shape index (κ1) is 25.5. The number of nitrogens with two attached hydrogens (primary N) is 2. The number of nitrogens with one attached hydrogen (secondary N) is 1. The van der Waals surface area contributed by atoms with Gasteiger partial charge in [-0.3, -0.25) is 11.1 Å². The van der Waals surface area contributed by atoms with E-state index < -0.39 is 10.0 Å². The molecule has 1 saturated heterocycles. The van der Waals surface area contributed by atoms with Crippen LogP contribution in [0.1, 0.15) is 36.8 Å². The van der Waals surface area contributed by atoms with Gasteiger partial charge in [-0.1, -0.05) is 37.1 Å². The number of ether oxygens (including phenoxy) is 1. The topological polar surface area (TPSA) is 131 Å². The number of urea groups is 1. The number of methoxy groups -OCH3 is 1. The molecule has 36 heavy (non-hydrogen) atoms. The number of hydrazine groups is 1. The van der Waals surface area contributed by atoms with Crippen LogP contribution in [-0.4, -0.2) is 50.4 Å². The Morgan fingerprint density at radius 3 is 2.42 bits per heavy atom. The van der Waals surface area contributed by atoms with E-state index in [-0.39, 0.29) is 23.3 Å². The third-order valence-corrected chi connectivity index (χ3v) is 7.60. The molecule has 0 saturated carbocycles. The van der Waals surface area contributed by atoms with Gasteiger partial charge >= 0.3 is 6.03 Å². The van der Waals surface area contributed by atoms with Crippen LogP contribution in [-0.2, 0) is 16.6 Å². The smallest absolute Gasteiger partial charge is 0.335 e. The summed E-state index contributed by atoms with van der Waals surface area (Å²) in [5.74, 6) is 0.832. The van der Waals surface area contributed by atoms with Gasteiger partial charge in [0.2, 0.25) is 0 Å². The van der Waals surface area contributed by atoms with Gasteiger partial charge in [-0.25, -0.2) is 18.2 Å². The molecule has 9 nitrogen and oxygen atoms in total. The van der Waals surface area contributed by atoms with Crippen molar-refractivity contribution in [2.75, 3.05) is 20.2 Å². The average molecular weight is 511 g/mol. The van der Waals surface area contributed by atoms with Crippen LogP contribution in [0.4, 0.5) is 4.79 Å². The molecule has 0 spiro atoms. The fourth-order valence-corrected chi connectivity index (χ4v) is 5.36. The number of benzene rings is 3. The molecule has 0 bridgehead atoms. The summed E-state index contributed by atoms with van der Waals surface area (Å²) in [6.45, 7) is 1.18. The minimum atomic E-state index is -4.06. The second-order valence-electron chi connectivity index (χ2n) is 8.90. The predicted octanol–water partition coefficient (Wildman–Crippen LogP) is 2.00. The highest BCUT2D eigenvalue weighted by Crippen LogP contribution is 2.24. The van der Waals surface area contributed by atoms with E-state index in [0.717, 1.165) is 41.5 Å². The second-order valence-corrected chi connectivity index (χ2v) is 10.6. The Kier molecular flexibility index (Phi) is 7.76. The van der Waals surface area contributed by atoms with Crippen LogP contribution in [0, 0.1) is 0 Å². The third kappa shape index (κ3) is 5.95. The monoisotopic (exact) mass is 510 g/mol. The molecule has 3 aromatic rings. The van der Waals surface area contributed by atoms with Crippen LogP contribution in [0.5, 0.6) is 5.75 Å². The number of rotatable bonds is 7. The van der Waals surface area contributed by atoms with Crippen molar-refractivity contribution in [2.45, 2.75) is 37.1 Å². The number of carbonyl (C=O) groups excluding carboxylic acids is 1. The number of carbonyl (C=O) groups is 1. The predicted molar refractivity (Wildman–Crippen MR) is 138 cm³/mol. The van der Waals surface area contributed by atoms with Crippen molar-refractivity contribution < 1.29 is 23.4 Å². The molecule has 4 rings (SSSR count). The van der Waals surface area contributed by atoms with Crippen LogP contribution in [0.3, 0.4) is 0 Å². The standard InChI is InChI=1S/C26H31N5O4S/c1-35-23-11-9-21-17-24(12-10-20(21)16-23)36(33,34)29-31(26(32)30-13-4-2-3-5-14-30)18-19-7-6-8-22(15-19)25(27)28/h6-12,15-17,29H,2-5,13-14,18H2,1H3,(H3,27,28)/p+1. The van der Waals surface area contributed by atoms with E-state index in [2.05, 4.69) is 4.83 Å². The molecule has 1 aliphatic heterocycles. The fourth-order valence-electron chi connectivity index (χ4n) is 4.30. The number of hydrogen-bond acceptors (Lipinski definition) is 4. The number of nitrogens with zero attached hydrogens (tertiary/aromatic N) is 2. The minimum absolute atomic E-state index is 0.0143. The molecule has 190 valence electrons. The first-order valence-corrected chi connectivity index (χ1v) is 13.4. The minimum Gasteiger partial charge on any atom is -0.497 e. The summed E-state index contributed by atoms with van der Waals surface area (Å²) in [7, 11) is -2.48. The van der Waals surface area contributed by atoms with Gasteiger partial charge in [0.25, 0.3) is 15.9 Å². The van der Waals surface area contributed by atoms with E-state index in [4.69, 9.17) is 15.9 Å². The average Bonchev–Trinajstić information content (AvgIpc) is 3.17. The van der Waals surface area contributed by atoms with E-state index >= 15 is 0 Å². The van der Waals surface area contributed by atoms with Crippen molar-refractivity contribution in [3.8, 4) is 5.75 Å². The Morgan fingerprint density at radius 2 is 1.72 bits per heavy atom. The van der Waals surface area contributed by atoms with Crippen LogP contribution in [0.15, 0.2) is 65.6 Å². The lowest BCUT2D eigenvalue weighted by atomic mass is 10.1. The van der Waals surface area contributed by atoms with Crippen LogP contribution in [0.25, 0.3) is 10.8 Å². The largest absolute Gasteiger partial charge is 0.497 e. The van der Waals surface area contributed by atoms with E-state index in [1.54, 1.807) is 60.5 Å². The van der Waals surface area contributed by atoms with Gasteiger partial charge in [0.05, 0.1) is 24.1 Å². The lowest BCUT2D eigenvalue weighted by Gasteiger charge is -2.30. The number of amidine groups is 1. The molecule has 1 aliphatic rings. The lowest BCUT2D eigenvalue weighted by molar-refractivity contribution is -0.114. The first-order valence-electron chi connectivity index (χ1n) is 11.9. The Balaban J connectivity index is 1.65. The molecule has 0 aromatic heterocycles. The Labute approximate surface area is 211 Å². The quantitative estimate of drug-likeness (QED) is 0.254. The third-order valence-electron chi connectivity index (χ3n) is 6.27. The number of fused-ring (bicyclic) bond motifs is 1. The molecule has 1 fully saturated rings. The summed E-state index contributed by atoms with van der Waals surface area (Å²) in [5, 5.41) is 8.48. The zero-order chi connectivity index (χ0) is 25.7. The Bertz CT molecular complexity index is 1370. The number of likely N-dealkylation sites (tertiary alicyclic amines) is 1. The molecule has 5 N–H and O–H groups in total. The highest BCUT2D eigenvalue weighted by Gasteiger charge is 2.27. The van der Waals surface area contributed by atoms with Crippen LogP contribution < -0.4 is 20.7 Å². The van der Waals surface area contributed by atoms with Gasteiger partial charge in [-0.05, 0) is 65.6 Å². The lowest BCUT2D eigenvalue weighted by Crippen LogP contribution is -2.51. The second kappa shape index (κ2) is 11.0.